The number of hydrogen-bond acceptors (Lipinski definition) is 13. The Hall–Kier alpha value is -5.63. The second-order valence-corrected chi connectivity index (χ2v) is 13.2. The molecule has 0 aromatic heterocycles. The predicted molar refractivity (Wildman–Crippen MR) is 222 cm³/mol. The van der Waals surface area contributed by atoms with Crippen molar-refractivity contribution in [3.8, 4) is 0 Å². The topological polar surface area (TPSA) is 247 Å². The second kappa shape index (κ2) is 35.2. The molecule has 0 aliphatic rings. The van der Waals surface area contributed by atoms with Crippen LogP contribution in [0.25, 0.3) is 0 Å². The molecule has 2 rings (SSSR count). The first-order chi connectivity index (χ1) is 29.8. The molecule has 338 valence electrons. The molecule has 0 aliphatic heterocycles. The predicted octanol–water partition coefficient (Wildman–Crippen LogP) is 1.67. The van der Waals surface area contributed by atoms with Crippen LogP contribution in [0.2, 0.25) is 0 Å². The first-order valence-corrected chi connectivity index (χ1v) is 20.5. The highest BCUT2D eigenvalue weighted by Gasteiger charge is 2.21. The lowest BCUT2D eigenvalue weighted by molar-refractivity contribution is -0.126. The minimum atomic E-state index is -0.875. The largest absolute Gasteiger partial charge is 0.445 e. The molecular formula is C42H62N6O13. The Morgan fingerprint density at radius 3 is 1.41 bits per heavy atom. The number of carbonyl (C=O) groups is 7. The summed E-state index contributed by atoms with van der Waals surface area (Å²) in [5.74, 6) is -1.17. The van der Waals surface area contributed by atoms with Gasteiger partial charge in [0.1, 0.15) is 25.5 Å². The van der Waals surface area contributed by atoms with Gasteiger partial charge in [0.25, 0.3) is 0 Å². The van der Waals surface area contributed by atoms with Crippen LogP contribution in [0.3, 0.4) is 0 Å². The number of rotatable bonds is 35. The van der Waals surface area contributed by atoms with Crippen molar-refractivity contribution < 1.29 is 62.0 Å². The van der Waals surface area contributed by atoms with E-state index < -0.39 is 24.1 Å². The Kier molecular flexibility index (Phi) is 29.7. The Morgan fingerprint density at radius 2 is 0.934 bits per heavy atom. The van der Waals surface area contributed by atoms with Gasteiger partial charge in [-0.05, 0) is 30.4 Å². The van der Waals surface area contributed by atoms with E-state index in [9.17, 15) is 33.6 Å². The van der Waals surface area contributed by atoms with Crippen LogP contribution in [0, 0.1) is 0 Å². The maximum atomic E-state index is 13.0. The lowest BCUT2D eigenvalue weighted by Gasteiger charge is -2.18. The minimum absolute atomic E-state index is 0.0233. The summed E-state index contributed by atoms with van der Waals surface area (Å²) in [5.41, 5.74) is 1.68. The van der Waals surface area contributed by atoms with Crippen LogP contribution in [0.4, 0.5) is 9.59 Å². The zero-order valence-electron chi connectivity index (χ0n) is 34.8. The van der Waals surface area contributed by atoms with Gasteiger partial charge in [-0.2, -0.15) is 0 Å². The summed E-state index contributed by atoms with van der Waals surface area (Å²) >= 11 is 0. The van der Waals surface area contributed by atoms with Gasteiger partial charge in [-0.1, -0.05) is 60.7 Å². The normalized spacial score (nSPS) is 11.1. The maximum absolute atomic E-state index is 13.0. The molecule has 0 spiro atoms. The van der Waals surface area contributed by atoms with Crippen LogP contribution in [0.5, 0.6) is 0 Å². The molecule has 2 aromatic rings. The van der Waals surface area contributed by atoms with Crippen LogP contribution < -0.4 is 31.9 Å². The molecule has 19 heteroatoms. The van der Waals surface area contributed by atoms with Crippen molar-refractivity contribution in [2.24, 2.45) is 0 Å². The molecule has 0 bridgehead atoms. The molecule has 0 aliphatic carbocycles. The molecule has 6 amide bonds. The van der Waals surface area contributed by atoms with Gasteiger partial charge >= 0.3 is 12.2 Å². The molecule has 0 saturated carbocycles. The summed E-state index contributed by atoms with van der Waals surface area (Å²) in [5, 5.41) is 16.1. The number of amides is 6. The SMILES string of the molecule is O=CCCC(=O)NCCOCCOCCNC(=O)CCC(=O)NCCOCCOCCNC(=O)C(CCCCNC(=O)OCc1ccccc1)NC(=O)OCc1ccccc1. The number of carbonyl (C=O) groups excluding carboxylic acids is 7. The molecule has 19 nitrogen and oxygen atoms in total. The summed E-state index contributed by atoms with van der Waals surface area (Å²) in [4.78, 5) is 83.2. The smallest absolute Gasteiger partial charge is 0.408 e. The van der Waals surface area contributed by atoms with Crippen LogP contribution >= 0.6 is 0 Å². The monoisotopic (exact) mass is 858 g/mol. The number of nitrogens with one attached hydrogen (secondary N) is 6. The molecule has 0 radical (unpaired) electrons. The van der Waals surface area contributed by atoms with Gasteiger partial charge in [0, 0.05) is 58.4 Å². The minimum Gasteiger partial charge on any atom is -0.445 e. The first-order valence-electron chi connectivity index (χ1n) is 20.5. The highest BCUT2D eigenvalue weighted by Crippen LogP contribution is 2.05. The van der Waals surface area contributed by atoms with Crippen LogP contribution in [0.1, 0.15) is 56.1 Å². The van der Waals surface area contributed by atoms with Gasteiger partial charge in [0.05, 0.1) is 52.9 Å². The van der Waals surface area contributed by atoms with E-state index in [2.05, 4.69) is 31.9 Å². The van der Waals surface area contributed by atoms with E-state index in [4.69, 9.17) is 28.4 Å². The van der Waals surface area contributed by atoms with Crippen LogP contribution in [-0.4, -0.2) is 134 Å². The van der Waals surface area contributed by atoms with Crippen LogP contribution in [0.15, 0.2) is 60.7 Å². The second-order valence-electron chi connectivity index (χ2n) is 13.2. The highest BCUT2D eigenvalue weighted by atomic mass is 16.6. The molecule has 0 fully saturated rings. The molecule has 1 unspecified atom stereocenters. The molecule has 1 atom stereocenters. The van der Waals surface area contributed by atoms with Crippen molar-refractivity contribution in [3.63, 3.8) is 0 Å². The summed E-state index contributed by atoms with van der Waals surface area (Å²) < 4.78 is 32.2. The van der Waals surface area contributed by atoms with Crippen molar-refractivity contribution in [1.82, 2.24) is 31.9 Å². The van der Waals surface area contributed by atoms with Gasteiger partial charge < -0.3 is 65.1 Å². The van der Waals surface area contributed by atoms with E-state index in [0.29, 0.717) is 58.5 Å². The van der Waals surface area contributed by atoms with E-state index in [1.807, 2.05) is 60.7 Å². The number of benzene rings is 2. The zero-order chi connectivity index (χ0) is 44.0. The van der Waals surface area contributed by atoms with Gasteiger partial charge in [-0.3, -0.25) is 19.2 Å². The third kappa shape index (κ3) is 29.3. The summed E-state index contributed by atoms with van der Waals surface area (Å²) in [7, 11) is 0. The standard InChI is InChI=1S/C42H62N6O13/c49-23-9-15-37(50)43-19-24-56-28-29-57-25-20-44-38(51)16-17-39(52)45-21-26-58-30-31-59-27-22-46-40(53)36(48-42(55)61-33-35-12-5-2-6-13-35)14-7-8-18-47-41(54)60-32-34-10-3-1-4-11-34/h1-6,10-13,23,36H,7-9,14-22,24-33H2,(H,43,50)(H,44,51)(H,45,52)(H,46,53)(H,47,54)(H,48,55). The fourth-order valence-corrected chi connectivity index (χ4v) is 5.10. The van der Waals surface area contributed by atoms with E-state index in [1.54, 1.807) is 0 Å². The van der Waals surface area contributed by atoms with Gasteiger partial charge in [0.15, 0.2) is 0 Å². The Balaban J connectivity index is 1.49. The molecule has 61 heavy (non-hydrogen) atoms. The average Bonchev–Trinajstić information content (AvgIpc) is 3.27. The van der Waals surface area contributed by atoms with Crippen molar-refractivity contribution in [1.29, 1.82) is 0 Å². The Bertz CT molecular complexity index is 1540. The molecule has 0 saturated heterocycles. The fourth-order valence-electron chi connectivity index (χ4n) is 5.10. The van der Waals surface area contributed by atoms with E-state index in [-0.39, 0.29) is 109 Å². The molecule has 2 aromatic carbocycles. The first kappa shape index (κ1) is 51.5. The highest BCUT2D eigenvalue weighted by molar-refractivity contribution is 5.85. The number of unbranched alkanes of at least 4 members (excludes halogenated alkanes) is 1. The van der Waals surface area contributed by atoms with E-state index >= 15 is 0 Å². The summed E-state index contributed by atoms with van der Waals surface area (Å²) in [6.45, 7) is 3.80. The fraction of sp³-hybridized carbons (Fsp3) is 0.548. The molecule has 0 heterocycles. The zero-order valence-corrected chi connectivity index (χ0v) is 34.8. The Morgan fingerprint density at radius 1 is 0.492 bits per heavy atom. The molecule has 6 N–H and O–H groups in total. The van der Waals surface area contributed by atoms with E-state index in [1.165, 1.54) is 0 Å². The summed E-state index contributed by atoms with van der Waals surface area (Å²) in [6, 6.07) is 17.6. The number of ether oxygens (including phenoxy) is 6. The van der Waals surface area contributed by atoms with Gasteiger partial charge in [-0.25, -0.2) is 9.59 Å². The van der Waals surface area contributed by atoms with E-state index in [0.717, 1.165) is 11.1 Å². The van der Waals surface area contributed by atoms with Crippen molar-refractivity contribution in [2.75, 3.05) is 85.6 Å². The van der Waals surface area contributed by atoms with Crippen molar-refractivity contribution in [3.05, 3.63) is 71.8 Å². The number of aldehydes is 1. The average molecular weight is 859 g/mol. The lowest BCUT2D eigenvalue weighted by atomic mass is 10.1. The lowest BCUT2D eigenvalue weighted by Crippen LogP contribution is -2.47. The summed E-state index contributed by atoms with van der Waals surface area (Å²) in [6.07, 6.45) is 1.19. The number of hydrogen-bond donors (Lipinski definition) is 6. The molecular weight excluding hydrogens is 796 g/mol. The Labute approximate surface area is 357 Å². The maximum Gasteiger partial charge on any atom is 0.408 e. The third-order valence-electron chi connectivity index (χ3n) is 8.29. The number of alkyl carbamates (subject to hydrolysis) is 2. The van der Waals surface area contributed by atoms with Crippen molar-refractivity contribution >= 4 is 42.1 Å². The van der Waals surface area contributed by atoms with Gasteiger partial charge in [-0.15, -0.1) is 0 Å². The van der Waals surface area contributed by atoms with Crippen molar-refractivity contribution in [2.45, 2.75) is 64.2 Å². The quantitative estimate of drug-likeness (QED) is 0.0427. The van der Waals surface area contributed by atoms with Crippen LogP contribution in [-0.2, 0) is 65.6 Å². The van der Waals surface area contributed by atoms with Gasteiger partial charge in [0.2, 0.25) is 23.6 Å². The third-order valence-corrected chi connectivity index (χ3v) is 8.29.